The van der Waals surface area contributed by atoms with Gasteiger partial charge in [0.2, 0.25) is 0 Å². The summed E-state index contributed by atoms with van der Waals surface area (Å²) in [6.07, 6.45) is 4.20. The number of carbonyl (C=O) groups is 1. The van der Waals surface area contributed by atoms with Crippen LogP contribution in [0.15, 0.2) is 18.2 Å². The molecule has 0 spiro atoms. The van der Waals surface area contributed by atoms with E-state index in [1.165, 1.54) is 18.4 Å². The number of halogens is 1. The van der Waals surface area contributed by atoms with Crippen LogP contribution in [0.5, 0.6) is 0 Å². The summed E-state index contributed by atoms with van der Waals surface area (Å²) < 4.78 is 7.59. The van der Waals surface area contributed by atoms with Crippen molar-refractivity contribution in [2.24, 2.45) is 13.0 Å². The van der Waals surface area contributed by atoms with Crippen LogP contribution < -0.4 is 5.32 Å². The second-order valence-electron chi connectivity index (χ2n) is 8.17. The minimum atomic E-state index is -0.513. The molecule has 1 aliphatic carbocycles. The maximum atomic E-state index is 12.4. The molecule has 0 radical (unpaired) electrons. The highest BCUT2D eigenvalue weighted by Gasteiger charge is 2.28. The summed E-state index contributed by atoms with van der Waals surface area (Å²) in [5, 5.41) is 3.83. The smallest absolute Gasteiger partial charge is 0.408 e. The maximum absolute atomic E-state index is 12.4. The van der Waals surface area contributed by atoms with E-state index in [2.05, 4.69) is 31.9 Å². The minimum absolute atomic E-state index is 0.147. The molecule has 26 heavy (non-hydrogen) atoms. The third-order valence-electron chi connectivity index (χ3n) is 4.72. The molecule has 0 aliphatic heterocycles. The molecule has 1 heterocycles. The van der Waals surface area contributed by atoms with Gasteiger partial charge in [0.05, 0.1) is 17.1 Å². The third-order valence-corrected chi connectivity index (χ3v) is 5.32. The number of para-hydroxylation sites is 1. The summed E-state index contributed by atoms with van der Waals surface area (Å²) in [7, 11) is 2.03. The van der Waals surface area contributed by atoms with Gasteiger partial charge in [-0.15, -0.1) is 0 Å². The van der Waals surface area contributed by atoms with Crippen LogP contribution in [0.1, 0.15) is 63.9 Å². The van der Waals surface area contributed by atoms with E-state index in [1.54, 1.807) is 0 Å². The number of ether oxygens (including phenoxy) is 1. The van der Waals surface area contributed by atoms with Crippen LogP contribution in [0.25, 0.3) is 11.0 Å². The number of amides is 1. The van der Waals surface area contributed by atoms with Crippen LogP contribution in [-0.2, 0) is 17.1 Å². The van der Waals surface area contributed by atoms with Crippen molar-refractivity contribution in [2.45, 2.75) is 63.4 Å². The number of hydrogen-bond donors (Lipinski definition) is 1. The Labute approximate surface area is 163 Å². The van der Waals surface area contributed by atoms with Crippen molar-refractivity contribution in [2.75, 3.05) is 0 Å². The van der Waals surface area contributed by atoms with E-state index in [1.807, 2.05) is 40.0 Å². The van der Waals surface area contributed by atoms with Crippen molar-refractivity contribution >= 4 is 33.1 Å². The molecule has 1 N–H and O–H groups in total. The molecule has 1 aliphatic rings. The molecule has 1 aromatic heterocycles. The molecule has 1 atom stereocenters. The standard InChI is InChI=1S/C20H28BrN3O2/c1-20(2,3)26-19(25)23-16(11-10-13-8-9-13)18-22-15-7-5-6-14(12-21)17(15)24(18)4/h5-7,13,16H,8-12H2,1-4H3,(H,23,25). The fraction of sp³-hybridized carbons (Fsp3) is 0.600. The van der Waals surface area contributed by atoms with Crippen molar-refractivity contribution in [3.63, 3.8) is 0 Å². The van der Waals surface area contributed by atoms with Gasteiger partial charge in [0.15, 0.2) is 0 Å². The minimum Gasteiger partial charge on any atom is -0.444 e. The molecule has 2 aromatic rings. The zero-order chi connectivity index (χ0) is 18.9. The number of rotatable bonds is 6. The molecule has 1 aromatic carbocycles. The van der Waals surface area contributed by atoms with Crippen LogP contribution in [-0.4, -0.2) is 21.2 Å². The normalized spacial score (nSPS) is 15.9. The second kappa shape index (κ2) is 7.59. The second-order valence-corrected chi connectivity index (χ2v) is 8.73. The predicted octanol–water partition coefficient (Wildman–Crippen LogP) is 5.22. The lowest BCUT2D eigenvalue weighted by atomic mass is 10.1. The predicted molar refractivity (Wildman–Crippen MR) is 107 cm³/mol. The average Bonchev–Trinajstić information content (AvgIpc) is 3.32. The van der Waals surface area contributed by atoms with Gasteiger partial charge >= 0.3 is 6.09 Å². The van der Waals surface area contributed by atoms with E-state index in [0.29, 0.717) is 0 Å². The number of aryl methyl sites for hydroxylation is 1. The van der Waals surface area contributed by atoms with Crippen molar-refractivity contribution in [3.05, 3.63) is 29.6 Å². The van der Waals surface area contributed by atoms with Crippen LogP contribution >= 0.6 is 15.9 Å². The number of fused-ring (bicyclic) bond motifs is 1. The van der Waals surface area contributed by atoms with Gasteiger partial charge in [-0.2, -0.15) is 0 Å². The van der Waals surface area contributed by atoms with E-state index in [4.69, 9.17) is 9.72 Å². The van der Waals surface area contributed by atoms with Crippen LogP contribution in [0.4, 0.5) is 4.79 Å². The van der Waals surface area contributed by atoms with Gasteiger partial charge in [-0.05, 0) is 51.2 Å². The van der Waals surface area contributed by atoms with Crippen molar-refractivity contribution < 1.29 is 9.53 Å². The first-order chi connectivity index (χ1) is 12.3. The Bertz CT molecular complexity index is 790. The fourth-order valence-corrected chi connectivity index (χ4v) is 3.76. The van der Waals surface area contributed by atoms with Crippen molar-refractivity contribution in [3.8, 4) is 0 Å². The van der Waals surface area contributed by atoms with Gasteiger partial charge < -0.3 is 14.6 Å². The average molecular weight is 422 g/mol. The summed E-state index contributed by atoms with van der Waals surface area (Å²) in [5.74, 6) is 1.69. The molecule has 0 bridgehead atoms. The molecule has 3 rings (SSSR count). The van der Waals surface area contributed by atoms with Crippen LogP contribution in [0, 0.1) is 5.92 Å². The highest BCUT2D eigenvalue weighted by Crippen LogP contribution is 2.36. The number of nitrogens with zero attached hydrogens (tertiary/aromatic N) is 2. The van der Waals surface area contributed by atoms with E-state index in [9.17, 15) is 4.79 Å². The van der Waals surface area contributed by atoms with E-state index in [-0.39, 0.29) is 12.1 Å². The van der Waals surface area contributed by atoms with Gasteiger partial charge in [-0.25, -0.2) is 9.78 Å². The zero-order valence-electron chi connectivity index (χ0n) is 16.0. The Kier molecular flexibility index (Phi) is 5.61. The lowest BCUT2D eigenvalue weighted by Crippen LogP contribution is -2.36. The zero-order valence-corrected chi connectivity index (χ0v) is 17.6. The summed E-state index contributed by atoms with van der Waals surface area (Å²) >= 11 is 3.56. The maximum Gasteiger partial charge on any atom is 0.408 e. The molecule has 5 nitrogen and oxygen atoms in total. The largest absolute Gasteiger partial charge is 0.444 e. The van der Waals surface area contributed by atoms with Gasteiger partial charge in [0.1, 0.15) is 11.4 Å². The summed E-state index contributed by atoms with van der Waals surface area (Å²) in [6, 6.07) is 6.00. The van der Waals surface area contributed by atoms with Crippen molar-refractivity contribution in [1.29, 1.82) is 0 Å². The first kappa shape index (κ1) is 19.2. The first-order valence-corrected chi connectivity index (χ1v) is 10.4. The molecule has 1 fully saturated rings. The van der Waals surface area contributed by atoms with Crippen molar-refractivity contribution in [1.82, 2.24) is 14.9 Å². The molecule has 6 heteroatoms. The quantitative estimate of drug-likeness (QED) is 0.649. The number of alkyl carbamates (subject to hydrolysis) is 1. The summed E-state index contributed by atoms with van der Waals surface area (Å²) in [4.78, 5) is 17.2. The molecular formula is C20H28BrN3O2. The number of hydrogen-bond acceptors (Lipinski definition) is 3. The first-order valence-electron chi connectivity index (χ1n) is 9.28. The number of aromatic nitrogens is 2. The Morgan fingerprint density at radius 3 is 2.77 bits per heavy atom. The number of imidazole rings is 1. The van der Waals surface area contributed by atoms with Gasteiger partial charge in [0.25, 0.3) is 0 Å². The SMILES string of the molecule is Cn1c(C(CCC2CC2)NC(=O)OC(C)(C)C)nc2cccc(CBr)c21. The Morgan fingerprint density at radius 2 is 2.15 bits per heavy atom. The monoisotopic (exact) mass is 421 g/mol. The van der Waals surface area contributed by atoms with Gasteiger partial charge in [-0.1, -0.05) is 40.9 Å². The van der Waals surface area contributed by atoms with E-state index in [0.717, 1.165) is 40.9 Å². The highest BCUT2D eigenvalue weighted by atomic mass is 79.9. The summed E-state index contributed by atoms with van der Waals surface area (Å²) in [6.45, 7) is 5.63. The third kappa shape index (κ3) is 4.58. The lowest BCUT2D eigenvalue weighted by molar-refractivity contribution is 0.0497. The molecule has 1 unspecified atom stereocenters. The number of nitrogens with one attached hydrogen (secondary N) is 1. The lowest BCUT2D eigenvalue weighted by Gasteiger charge is -2.23. The Morgan fingerprint density at radius 1 is 1.42 bits per heavy atom. The highest BCUT2D eigenvalue weighted by molar-refractivity contribution is 9.08. The topological polar surface area (TPSA) is 56.2 Å². The Balaban J connectivity index is 1.89. The van der Waals surface area contributed by atoms with Gasteiger partial charge in [0, 0.05) is 12.4 Å². The molecule has 142 valence electrons. The van der Waals surface area contributed by atoms with Crippen LogP contribution in [0.2, 0.25) is 0 Å². The number of benzene rings is 1. The van der Waals surface area contributed by atoms with E-state index < -0.39 is 5.60 Å². The molecular weight excluding hydrogens is 394 g/mol. The molecule has 0 saturated heterocycles. The summed E-state index contributed by atoms with van der Waals surface area (Å²) in [5.41, 5.74) is 2.76. The van der Waals surface area contributed by atoms with Gasteiger partial charge in [-0.3, -0.25) is 0 Å². The number of alkyl halides is 1. The Hall–Kier alpha value is -1.56. The molecule has 1 amide bonds. The number of carbonyl (C=O) groups excluding carboxylic acids is 1. The fourth-order valence-electron chi connectivity index (χ4n) is 3.31. The molecule has 1 saturated carbocycles. The van der Waals surface area contributed by atoms with E-state index >= 15 is 0 Å². The van der Waals surface area contributed by atoms with Crippen LogP contribution in [0.3, 0.4) is 0 Å².